The third-order valence-electron chi connectivity index (χ3n) is 4.11. The quantitative estimate of drug-likeness (QED) is 0.796. The summed E-state index contributed by atoms with van der Waals surface area (Å²) < 4.78 is 10.6. The van der Waals surface area contributed by atoms with Gasteiger partial charge in [0.05, 0.1) is 0 Å². The lowest BCUT2D eigenvalue weighted by Gasteiger charge is -2.21. The Balaban J connectivity index is 1.59. The largest absolute Gasteiger partial charge is 0.454 e. The Hall–Kier alpha value is -3.55. The molecule has 0 saturated carbocycles. The molecule has 2 aromatic carbocycles. The average molecular weight is 383 g/mol. The maximum atomic E-state index is 12.3. The van der Waals surface area contributed by atoms with Gasteiger partial charge >= 0.3 is 0 Å². The molecule has 2 aromatic rings. The lowest BCUT2D eigenvalue weighted by Crippen LogP contribution is -2.39. The molecule has 0 bridgehead atoms. The van der Waals surface area contributed by atoms with Crippen molar-refractivity contribution in [2.75, 3.05) is 23.6 Å². The molecule has 0 fully saturated rings. The van der Waals surface area contributed by atoms with Crippen molar-refractivity contribution in [3.63, 3.8) is 0 Å². The van der Waals surface area contributed by atoms with Gasteiger partial charge in [-0.3, -0.25) is 14.4 Å². The molecule has 0 unspecified atom stereocenters. The molecule has 1 aliphatic rings. The van der Waals surface area contributed by atoms with Crippen molar-refractivity contribution in [3.05, 3.63) is 48.0 Å². The number of fused-ring (bicyclic) bond motifs is 1. The molecular weight excluding hydrogens is 362 g/mol. The van der Waals surface area contributed by atoms with E-state index in [9.17, 15) is 14.4 Å². The average Bonchev–Trinajstić information content (AvgIpc) is 3.12. The van der Waals surface area contributed by atoms with Gasteiger partial charge in [-0.15, -0.1) is 0 Å². The first kappa shape index (κ1) is 19.2. The van der Waals surface area contributed by atoms with Gasteiger partial charge in [-0.25, -0.2) is 0 Å². The molecule has 2 N–H and O–H groups in total. The maximum absolute atomic E-state index is 12.3. The Morgan fingerprint density at radius 3 is 2.39 bits per heavy atom. The number of nitrogens with zero attached hydrogens (tertiary/aromatic N) is 1. The van der Waals surface area contributed by atoms with Crippen molar-refractivity contribution in [2.24, 2.45) is 0 Å². The molecular formula is C20H21N3O5. The van der Waals surface area contributed by atoms with Crippen LogP contribution in [0.15, 0.2) is 42.5 Å². The standard InChI is InChI=1S/C20H21N3O5/c1-13(24)22-16-4-6-17(7-5-16)23(14(2)25)11-20(26)21-10-15-3-8-18-19(9-15)28-12-27-18/h3-9H,10-12H2,1-2H3,(H,21,26)(H,22,24). The number of rotatable bonds is 6. The molecule has 1 aliphatic heterocycles. The fourth-order valence-electron chi connectivity index (χ4n) is 2.76. The molecule has 0 spiro atoms. The third kappa shape index (κ3) is 4.79. The summed E-state index contributed by atoms with van der Waals surface area (Å²) in [5.74, 6) is 0.597. The number of nitrogens with one attached hydrogen (secondary N) is 2. The predicted octanol–water partition coefficient (Wildman–Crippen LogP) is 2.04. The third-order valence-corrected chi connectivity index (χ3v) is 4.11. The fraction of sp³-hybridized carbons (Fsp3) is 0.250. The van der Waals surface area contributed by atoms with Gasteiger partial charge in [0.25, 0.3) is 0 Å². The molecule has 0 saturated heterocycles. The number of hydrogen-bond donors (Lipinski definition) is 2. The highest BCUT2D eigenvalue weighted by Crippen LogP contribution is 2.32. The SMILES string of the molecule is CC(=O)Nc1ccc(N(CC(=O)NCc2ccc3c(c2)OCO3)C(C)=O)cc1. The predicted molar refractivity (Wildman–Crippen MR) is 103 cm³/mol. The van der Waals surface area contributed by atoms with Crippen LogP contribution in [0.25, 0.3) is 0 Å². The van der Waals surface area contributed by atoms with E-state index < -0.39 is 0 Å². The number of carbonyl (C=O) groups is 3. The maximum Gasteiger partial charge on any atom is 0.240 e. The molecule has 8 nitrogen and oxygen atoms in total. The number of amides is 3. The van der Waals surface area contributed by atoms with Crippen molar-refractivity contribution in [1.82, 2.24) is 5.32 Å². The van der Waals surface area contributed by atoms with Gasteiger partial charge in [-0.05, 0) is 42.0 Å². The van der Waals surface area contributed by atoms with Crippen molar-refractivity contribution in [3.8, 4) is 11.5 Å². The summed E-state index contributed by atoms with van der Waals surface area (Å²) >= 11 is 0. The van der Waals surface area contributed by atoms with E-state index in [-0.39, 0.29) is 31.1 Å². The van der Waals surface area contributed by atoms with E-state index >= 15 is 0 Å². The van der Waals surface area contributed by atoms with Gasteiger partial charge in [0, 0.05) is 31.8 Å². The summed E-state index contributed by atoms with van der Waals surface area (Å²) in [5, 5.41) is 5.45. The summed E-state index contributed by atoms with van der Waals surface area (Å²) in [7, 11) is 0. The Kier molecular flexibility index (Phi) is 5.78. The lowest BCUT2D eigenvalue weighted by atomic mass is 10.2. The number of hydrogen-bond acceptors (Lipinski definition) is 5. The number of ether oxygens (including phenoxy) is 2. The van der Waals surface area contributed by atoms with Crippen molar-refractivity contribution < 1.29 is 23.9 Å². The number of anilines is 2. The van der Waals surface area contributed by atoms with Crippen LogP contribution in [0.1, 0.15) is 19.4 Å². The normalized spacial score (nSPS) is 11.6. The first-order valence-electron chi connectivity index (χ1n) is 8.73. The lowest BCUT2D eigenvalue weighted by molar-refractivity contribution is -0.123. The fourth-order valence-corrected chi connectivity index (χ4v) is 2.76. The van der Waals surface area contributed by atoms with Crippen molar-refractivity contribution in [1.29, 1.82) is 0 Å². The van der Waals surface area contributed by atoms with Gasteiger partial charge in [0.1, 0.15) is 6.54 Å². The molecule has 3 amide bonds. The second-order valence-corrected chi connectivity index (χ2v) is 6.30. The van der Waals surface area contributed by atoms with Gasteiger partial charge in [-0.1, -0.05) is 6.07 Å². The Morgan fingerprint density at radius 1 is 1.00 bits per heavy atom. The molecule has 3 rings (SSSR count). The minimum atomic E-state index is -0.293. The van der Waals surface area contributed by atoms with Gasteiger partial charge < -0.3 is 25.0 Å². The van der Waals surface area contributed by atoms with E-state index in [1.165, 1.54) is 18.7 Å². The van der Waals surface area contributed by atoms with Crippen LogP contribution in [0.4, 0.5) is 11.4 Å². The zero-order valence-electron chi connectivity index (χ0n) is 15.7. The van der Waals surface area contributed by atoms with Crippen LogP contribution < -0.4 is 25.0 Å². The summed E-state index contributed by atoms with van der Waals surface area (Å²) in [6.07, 6.45) is 0. The van der Waals surface area contributed by atoms with Gasteiger partial charge in [-0.2, -0.15) is 0 Å². The Labute approximate surface area is 162 Å². The second kappa shape index (κ2) is 8.43. The highest BCUT2D eigenvalue weighted by molar-refractivity contribution is 5.97. The van der Waals surface area contributed by atoms with E-state index in [0.717, 1.165) is 5.56 Å². The van der Waals surface area contributed by atoms with Gasteiger partial charge in [0.2, 0.25) is 24.5 Å². The summed E-state index contributed by atoms with van der Waals surface area (Å²) in [6.45, 7) is 3.20. The molecule has 0 radical (unpaired) electrons. The highest BCUT2D eigenvalue weighted by Gasteiger charge is 2.17. The Morgan fingerprint density at radius 2 is 1.71 bits per heavy atom. The van der Waals surface area contributed by atoms with E-state index in [1.54, 1.807) is 30.3 Å². The first-order chi connectivity index (χ1) is 13.4. The smallest absolute Gasteiger partial charge is 0.240 e. The van der Waals surface area contributed by atoms with Gasteiger partial charge in [0.15, 0.2) is 11.5 Å². The highest BCUT2D eigenvalue weighted by atomic mass is 16.7. The number of benzene rings is 2. The molecule has 0 aliphatic carbocycles. The summed E-state index contributed by atoms with van der Waals surface area (Å²) in [4.78, 5) is 36.8. The van der Waals surface area contributed by atoms with Crippen LogP contribution in [0.5, 0.6) is 11.5 Å². The minimum absolute atomic E-state index is 0.112. The summed E-state index contributed by atoms with van der Waals surface area (Å²) in [5.41, 5.74) is 2.05. The van der Waals surface area contributed by atoms with Crippen molar-refractivity contribution in [2.45, 2.75) is 20.4 Å². The minimum Gasteiger partial charge on any atom is -0.454 e. The van der Waals surface area contributed by atoms with E-state index in [0.29, 0.717) is 29.4 Å². The van der Waals surface area contributed by atoms with Crippen LogP contribution >= 0.6 is 0 Å². The molecule has 28 heavy (non-hydrogen) atoms. The zero-order valence-corrected chi connectivity index (χ0v) is 15.7. The summed E-state index contributed by atoms with van der Waals surface area (Å²) in [6, 6.07) is 12.2. The van der Waals surface area contributed by atoms with Crippen LogP contribution in [0, 0.1) is 0 Å². The topological polar surface area (TPSA) is 97.0 Å². The van der Waals surface area contributed by atoms with E-state index in [1.807, 2.05) is 12.1 Å². The molecule has 0 atom stereocenters. The van der Waals surface area contributed by atoms with Crippen LogP contribution in [0.3, 0.4) is 0 Å². The zero-order chi connectivity index (χ0) is 20.1. The monoisotopic (exact) mass is 383 g/mol. The first-order valence-corrected chi connectivity index (χ1v) is 8.73. The van der Waals surface area contributed by atoms with E-state index in [2.05, 4.69) is 10.6 Å². The molecule has 8 heteroatoms. The van der Waals surface area contributed by atoms with Crippen LogP contribution in [0.2, 0.25) is 0 Å². The second-order valence-electron chi connectivity index (χ2n) is 6.30. The molecule has 146 valence electrons. The Bertz CT molecular complexity index is 895. The molecule has 1 heterocycles. The number of carbonyl (C=O) groups excluding carboxylic acids is 3. The van der Waals surface area contributed by atoms with E-state index in [4.69, 9.17) is 9.47 Å². The van der Waals surface area contributed by atoms with Crippen LogP contribution in [-0.4, -0.2) is 31.1 Å². The van der Waals surface area contributed by atoms with Crippen molar-refractivity contribution >= 4 is 29.1 Å². The molecule has 0 aromatic heterocycles. The van der Waals surface area contributed by atoms with Crippen LogP contribution in [-0.2, 0) is 20.9 Å².